The zero-order chi connectivity index (χ0) is 27.7. The number of nitriles is 1. The summed E-state index contributed by atoms with van der Waals surface area (Å²) in [7, 11) is -4.41. The normalized spacial score (nSPS) is 14.1. The molecule has 1 atom stereocenters. The Morgan fingerprint density at radius 1 is 1.13 bits per heavy atom. The number of sulfone groups is 1. The quantitative estimate of drug-likeness (QED) is 0.334. The van der Waals surface area contributed by atoms with Crippen LogP contribution in [0.4, 0.5) is 0 Å². The second kappa shape index (κ2) is 10.5. The predicted octanol–water partition coefficient (Wildman–Crippen LogP) is 4.98. The topological polar surface area (TPSA) is 126 Å². The first-order chi connectivity index (χ1) is 18.7. The van der Waals surface area contributed by atoms with Crippen LogP contribution in [0.1, 0.15) is 54.9 Å². The molecule has 0 saturated heterocycles. The van der Waals surface area contributed by atoms with Crippen LogP contribution in [-0.4, -0.2) is 28.1 Å². The average Bonchev–Trinajstić information content (AvgIpc) is 3.75. The number of aromatic hydroxyl groups is 1. The molecule has 9 heteroatoms. The van der Waals surface area contributed by atoms with E-state index in [1.54, 1.807) is 42.6 Å². The fourth-order valence-corrected chi connectivity index (χ4v) is 6.28. The molecule has 1 aliphatic carbocycles. The number of pyridine rings is 1. The lowest BCUT2D eigenvalue weighted by Crippen LogP contribution is -2.27. The van der Waals surface area contributed by atoms with Crippen molar-refractivity contribution < 1.29 is 13.5 Å². The van der Waals surface area contributed by atoms with Crippen molar-refractivity contribution in [2.45, 2.75) is 55.4 Å². The molecule has 2 heterocycles. The van der Waals surface area contributed by atoms with E-state index in [2.05, 4.69) is 16.0 Å². The van der Waals surface area contributed by atoms with Gasteiger partial charge < -0.3 is 5.11 Å². The lowest BCUT2D eigenvalue weighted by atomic mass is 10.0. The molecule has 0 radical (unpaired) electrons. The molecule has 4 aromatic rings. The molecule has 1 fully saturated rings. The molecule has 198 valence electrons. The third kappa shape index (κ3) is 5.08. The number of hydrogen-bond donors (Lipinski definition) is 1. The van der Waals surface area contributed by atoms with Crippen molar-refractivity contribution in [1.82, 2.24) is 14.5 Å². The van der Waals surface area contributed by atoms with Crippen molar-refractivity contribution >= 4 is 9.84 Å². The van der Waals surface area contributed by atoms with Gasteiger partial charge >= 0.3 is 0 Å². The molecule has 1 N–H and O–H groups in total. The van der Waals surface area contributed by atoms with Crippen molar-refractivity contribution in [2.75, 3.05) is 0 Å². The highest BCUT2D eigenvalue weighted by atomic mass is 32.2. The van der Waals surface area contributed by atoms with Gasteiger partial charge in [-0.15, -0.1) is 0 Å². The molecule has 0 aliphatic heterocycles. The van der Waals surface area contributed by atoms with Crippen LogP contribution >= 0.6 is 0 Å². The predicted molar refractivity (Wildman–Crippen MR) is 146 cm³/mol. The molecule has 1 saturated carbocycles. The zero-order valence-corrected chi connectivity index (χ0v) is 22.5. The van der Waals surface area contributed by atoms with Gasteiger partial charge in [0.15, 0.2) is 4.90 Å². The van der Waals surface area contributed by atoms with Crippen LogP contribution in [0.25, 0.3) is 11.1 Å². The van der Waals surface area contributed by atoms with Crippen LogP contribution in [0.3, 0.4) is 0 Å². The Morgan fingerprint density at radius 3 is 2.51 bits per heavy atom. The maximum absolute atomic E-state index is 13.8. The van der Waals surface area contributed by atoms with E-state index >= 15 is 0 Å². The van der Waals surface area contributed by atoms with Crippen molar-refractivity contribution in [2.24, 2.45) is 5.92 Å². The molecule has 0 amide bonds. The first-order valence-corrected chi connectivity index (χ1v) is 14.3. The molecule has 0 bridgehead atoms. The third-order valence-corrected chi connectivity index (χ3v) is 8.94. The molecular weight excluding hydrogens is 512 g/mol. The van der Waals surface area contributed by atoms with E-state index in [9.17, 15) is 23.6 Å². The number of aryl methyl sites for hydroxylation is 1. The Bertz CT molecular complexity index is 1750. The van der Waals surface area contributed by atoms with Crippen LogP contribution in [0.5, 0.6) is 5.88 Å². The van der Waals surface area contributed by atoms with E-state index < -0.39 is 32.2 Å². The standard InChI is InChI=1S/C30H28N4O4S/c1-3-26(23-7-4-6-21(16-23)18-31)34-27(17-20-9-10-20)33-29(35)28(30(34)36)39(37,38)24-13-11-22(12-14-24)25-8-5-15-32-19(25)2/h4-8,11-16,20,26,36H,3,9-10,17H2,1-2H3/t26-/m0/s1. The van der Waals surface area contributed by atoms with Gasteiger partial charge in [0, 0.05) is 23.9 Å². The van der Waals surface area contributed by atoms with Gasteiger partial charge in [-0.1, -0.05) is 37.3 Å². The van der Waals surface area contributed by atoms with Gasteiger partial charge in [0.2, 0.25) is 15.7 Å². The molecule has 1 aliphatic rings. The van der Waals surface area contributed by atoms with Gasteiger partial charge in [0.1, 0.15) is 5.82 Å². The summed E-state index contributed by atoms with van der Waals surface area (Å²) in [5, 5.41) is 20.9. The van der Waals surface area contributed by atoms with E-state index in [1.165, 1.54) is 16.7 Å². The largest absolute Gasteiger partial charge is 0.493 e. The summed E-state index contributed by atoms with van der Waals surface area (Å²) in [5.41, 5.74) is 2.63. The fraction of sp³-hybridized carbons (Fsp3) is 0.267. The maximum Gasteiger partial charge on any atom is 0.296 e. The van der Waals surface area contributed by atoms with Crippen LogP contribution in [0.2, 0.25) is 0 Å². The van der Waals surface area contributed by atoms with Gasteiger partial charge in [-0.25, -0.2) is 8.42 Å². The van der Waals surface area contributed by atoms with Crippen LogP contribution in [-0.2, 0) is 16.3 Å². The average molecular weight is 541 g/mol. The van der Waals surface area contributed by atoms with E-state index in [-0.39, 0.29) is 4.90 Å². The van der Waals surface area contributed by atoms with Crippen molar-refractivity contribution in [3.05, 3.63) is 99.9 Å². The molecule has 39 heavy (non-hydrogen) atoms. The van der Waals surface area contributed by atoms with Gasteiger partial charge in [0.05, 0.1) is 22.6 Å². The SMILES string of the molecule is CC[C@@H](c1cccc(C#N)c1)n1c(CC2CC2)nc(=O)c(S(=O)(=O)c2ccc(-c3cccnc3C)cc2)c1O. The minimum atomic E-state index is -4.41. The summed E-state index contributed by atoms with van der Waals surface area (Å²) >= 11 is 0. The van der Waals surface area contributed by atoms with Gasteiger partial charge in [-0.2, -0.15) is 10.2 Å². The highest BCUT2D eigenvalue weighted by Gasteiger charge is 2.34. The number of nitrogens with zero attached hydrogens (tertiary/aromatic N) is 4. The van der Waals surface area contributed by atoms with Crippen molar-refractivity contribution in [3.63, 3.8) is 0 Å². The lowest BCUT2D eigenvalue weighted by Gasteiger charge is -2.25. The molecule has 0 spiro atoms. The summed E-state index contributed by atoms with van der Waals surface area (Å²) in [6.45, 7) is 3.77. The van der Waals surface area contributed by atoms with Crippen molar-refractivity contribution in [3.8, 4) is 23.1 Å². The first-order valence-electron chi connectivity index (χ1n) is 12.9. The highest BCUT2D eigenvalue weighted by Crippen LogP contribution is 2.37. The summed E-state index contributed by atoms with van der Waals surface area (Å²) < 4.78 is 29.0. The number of aromatic nitrogens is 3. The van der Waals surface area contributed by atoms with Gasteiger partial charge in [0.25, 0.3) is 5.56 Å². The second-order valence-electron chi connectivity index (χ2n) is 9.83. The molecular formula is C30H28N4O4S. The maximum atomic E-state index is 13.8. The number of rotatable bonds is 8. The summed E-state index contributed by atoms with van der Waals surface area (Å²) in [6, 6.07) is 18.4. The molecule has 0 unspecified atom stereocenters. The Hall–Kier alpha value is -4.29. The first kappa shape index (κ1) is 26.3. The zero-order valence-electron chi connectivity index (χ0n) is 21.7. The third-order valence-electron chi connectivity index (χ3n) is 7.15. The summed E-state index contributed by atoms with van der Waals surface area (Å²) in [4.78, 5) is 20.8. The van der Waals surface area contributed by atoms with Crippen molar-refractivity contribution in [1.29, 1.82) is 5.26 Å². The Kier molecular flexibility index (Phi) is 7.06. The smallest absolute Gasteiger partial charge is 0.296 e. The van der Waals surface area contributed by atoms with Crippen LogP contribution < -0.4 is 5.56 Å². The monoisotopic (exact) mass is 540 g/mol. The Morgan fingerprint density at radius 2 is 1.87 bits per heavy atom. The van der Waals surface area contributed by atoms with E-state index in [4.69, 9.17) is 0 Å². The van der Waals surface area contributed by atoms with E-state index in [1.807, 2.05) is 26.0 Å². The van der Waals surface area contributed by atoms with Gasteiger partial charge in [-0.3, -0.25) is 14.3 Å². The van der Waals surface area contributed by atoms with Gasteiger partial charge in [-0.05, 0) is 73.6 Å². The summed E-state index contributed by atoms with van der Waals surface area (Å²) in [6.07, 6.45) is 4.59. The minimum Gasteiger partial charge on any atom is -0.493 e. The van der Waals surface area contributed by atoms with Crippen LogP contribution in [0, 0.1) is 24.2 Å². The summed E-state index contributed by atoms with van der Waals surface area (Å²) in [5.74, 6) is 0.0408. The molecule has 2 aromatic carbocycles. The van der Waals surface area contributed by atoms with E-state index in [0.717, 1.165) is 29.7 Å². The molecule has 2 aromatic heterocycles. The fourth-order valence-electron chi connectivity index (χ4n) is 4.94. The van der Waals surface area contributed by atoms with Crippen LogP contribution in [0.15, 0.2) is 81.4 Å². The minimum absolute atomic E-state index is 0.122. The molecule has 5 rings (SSSR count). The molecule has 8 nitrogen and oxygen atoms in total. The number of hydrogen-bond acceptors (Lipinski definition) is 7. The lowest BCUT2D eigenvalue weighted by molar-refractivity contribution is 0.357. The second-order valence-corrected chi connectivity index (χ2v) is 11.7. The Labute approximate surface area is 227 Å². The van der Waals surface area contributed by atoms with E-state index in [0.29, 0.717) is 35.7 Å². The number of benzene rings is 2. The Balaban J connectivity index is 1.64. The highest BCUT2D eigenvalue weighted by molar-refractivity contribution is 7.91.